The first-order chi connectivity index (χ1) is 10.1. The highest BCUT2D eigenvalue weighted by Gasteiger charge is 2.28. The van der Waals surface area contributed by atoms with E-state index in [1.54, 1.807) is 39.9 Å². The van der Waals surface area contributed by atoms with Crippen LogP contribution >= 0.6 is 11.3 Å². The molecular weight excluding hydrogens is 306 g/mol. The second kappa shape index (κ2) is 5.88. The molecule has 0 radical (unpaired) electrons. The summed E-state index contributed by atoms with van der Waals surface area (Å²) in [5, 5.41) is 10.9. The lowest BCUT2D eigenvalue weighted by atomic mass is 10.1. The molecule has 0 saturated carbocycles. The highest BCUT2D eigenvalue weighted by Crippen LogP contribution is 2.28. The molecular formula is C15H17NO3S2. The lowest BCUT2D eigenvalue weighted by Crippen LogP contribution is -2.35. The second-order valence-corrected chi connectivity index (χ2v) is 8.01. The van der Waals surface area contributed by atoms with Crippen molar-refractivity contribution in [1.82, 2.24) is 4.31 Å². The van der Waals surface area contributed by atoms with Crippen molar-refractivity contribution < 1.29 is 13.5 Å². The molecule has 0 bridgehead atoms. The maximum absolute atomic E-state index is 12.7. The molecule has 1 aliphatic rings. The highest BCUT2D eigenvalue weighted by molar-refractivity contribution is 7.89. The number of aliphatic hydroxyl groups is 1. The molecule has 0 atom stereocenters. The molecule has 0 fully saturated rings. The average molecular weight is 323 g/mol. The molecule has 0 spiro atoms. The van der Waals surface area contributed by atoms with Crippen molar-refractivity contribution in [3.8, 4) is 0 Å². The Kier molecular flexibility index (Phi) is 4.12. The van der Waals surface area contributed by atoms with E-state index in [0.29, 0.717) is 24.4 Å². The molecule has 1 N–H and O–H groups in total. The first-order valence-corrected chi connectivity index (χ1v) is 9.18. The van der Waals surface area contributed by atoms with Crippen molar-refractivity contribution in [2.75, 3.05) is 13.2 Å². The van der Waals surface area contributed by atoms with E-state index in [2.05, 4.69) is 0 Å². The molecule has 6 heteroatoms. The first kappa shape index (κ1) is 14.7. The number of thiophene rings is 1. The lowest BCUT2D eigenvalue weighted by Gasteiger charge is -2.26. The van der Waals surface area contributed by atoms with Gasteiger partial charge in [-0.25, -0.2) is 8.42 Å². The minimum absolute atomic E-state index is 0.0686. The number of aliphatic hydroxyl groups excluding tert-OH is 1. The van der Waals surface area contributed by atoms with Gasteiger partial charge < -0.3 is 5.11 Å². The zero-order valence-corrected chi connectivity index (χ0v) is 13.2. The van der Waals surface area contributed by atoms with Crippen LogP contribution in [0.1, 0.15) is 16.0 Å². The molecule has 3 rings (SSSR count). The molecule has 0 amide bonds. The van der Waals surface area contributed by atoms with Crippen LogP contribution in [0.15, 0.2) is 40.6 Å². The van der Waals surface area contributed by atoms with Crippen LogP contribution in [0.5, 0.6) is 0 Å². The fraction of sp³-hybridized carbons (Fsp3) is 0.333. The van der Waals surface area contributed by atoms with E-state index in [1.807, 2.05) is 11.4 Å². The van der Waals surface area contributed by atoms with E-state index < -0.39 is 10.0 Å². The van der Waals surface area contributed by atoms with Crippen LogP contribution < -0.4 is 0 Å². The maximum Gasteiger partial charge on any atom is 0.243 e. The molecule has 4 nitrogen and oxygen atoms in total. The van der Waals surface area contributed by atoms with E-state index in [-0.39, 0.29) is 6.61 Å². The lowest BCUT2D eigenvalue weighted by molar-refractivity contribution is 0.299. The molecule has 0 saturated heterocycles. The van der Waals surface area contributed by atoms with Crippen LogP contribution in [0, 0.1) is 0 Å². The molecule has 1 aromatic heterocycles. The minimum atomic E-state index is -3.44. The van der Waals surface area contributed by atoms with E-state index in [4.69, 9.17) is 5.11 Å². The zero-order valence-electron chi connectivity index (χ0n) is 11.5. The fourth-order valence-corrected chi connectivity index (χ4v) is 4.84. The third kappa shape index (κ3) is 2.89. The fourth-order valence-electron chi connectivity index (χ4n) is 2.53. The van der Waals surface area contributed by atoms with Crippen molar-refractivity contribution in [3.63, 3.8) is 0 Å². The highest BCUT2D eigenvalue weighted by atomic mass is 32.2. The monoisotopic (exact) mass is 323 g/mol. The van der Waals surface area contributed by atoms with Gasteiger partial charge >= 0.3 is 0 Å². The number of hydrogen-bond donors (Lipinski definition) is 1. The molecule has 1 aromatic carbocycles. The van der Waals surface area contributed by atoms with Crippen LogP contribution in [-0.2, 0) is 29.4 Å². The average Bonchev–Trinajstić information content (AvgIpc) is 2.95. The molecule has 2 heterocycles. The molecule has 21 heavy (non-hydrogen) atoms. The number of rotatable bonds is 4. The largest absolute Gasteiger partial charge is 0.396 e. The van der Waals surface area contributed by atoms with Crippen molar-refractivity contribution in [2.24, 2.45) is 0 Å². The van der Waals surface area contributed by atoms with Crippen LogP contribution in [0.25, 0.3) is 0 Å². The minimum Gasteiger partial charge on any atom is -0.396 e. The number of benzene rings is 1. The Labute approximate surface area is 128 Å². The van der Waals surface area contributed by atoms with E-state index in [9.17, 15) is 8.42 Å². The Bertz CT molecular complexity index is 720. The molecule has 1 aliphatic heterocycles. The summed E-state index contributed by atoms with van der Waals surface area (Å²) in [6, 6.07) is 8.80. The van der Waals surface area contributed by atoms with Gasteiger partial charge in [-0.15, -0.1) is 11.3 Å². The van der Waals surface area contributed by atoms with Gasteiger partial charge in [0, 0.05) is 24.6 Å². The van der Waals surface area contributed by atoms with Crippen LogP contribution in [0.3, 0.4) is 0 Å². The van der Waals surface area contributed by atoms with Gasteiger partial charge in [0.1, 0.15) is 0 Å². The van der Waals surface area contributed by atoms with Gasteiger partial charge in [0.2, 0.25) is 10.0 Å². The third-order valence-corrected chi connectivity index (χ3v) is 6.62. The topological polar surface area (TPSA) is 57.6 Å². The Morgan fingerprint density at radius 3 is 2.67 bits per heavy atom. The quantitative estimate of drug-likeness (QED) is 0.936. The predicted molar refractivity (Wildman–Crippen MR) is 82.9 cm³/mol. The standard InChI is InChI=1S/C15H17NO3S2/c17-9-6-12-1-3-14(4-2-12)21(18,19)16-8-5-15-13(11-16)7-10-20-15/h1-4,7,10,17H,5-6,8-9,11H2. The van der Waals surface area contributed by atoms with E-state index >= 15 is 0 Å². The van der Waals surface area contributed by atoms with Gasteiger partial charge in [0.15, 0.2) is 0 Å². The number of fused-ring (bicyclic) bond motifs is 1. The van der Waals surface area contributed by atoms with Crippen molar-refractivity contribution in [1.29, 1.82) is 0 Å². The Balaban J connectivity index is 1.84. The molecule has 0 aliphatic carbocycles. The Morgan fingerprint density at radius 2 is 1.95 bits per heavy atom. The summed E-state index contributed by atoms with van der Waals surface area (Å²) in [4.78, 5) is 1.61. The van der Waals surface area contributed by atoms with Gasteiger partial charge in [-0.1, -0.05) is 12.1 Å². The number of nitrogens with zero attached hydrogens (tertiary/aromatic N) is 1. The normalized spacial score (nSPS) is 15.9. The Morgan fingerprint density at radius 1 is 1.19 bits per heavy atom. The molecule has 112 valence electrons. The third-order valence-electron chi connectivity index (χ3n) is 3.73. The molecule has 2 aromatic rings. The van der Waals surface area contributed by atoms with Crippen LogP contribution in [-0.4, -0.2) is 31.0 Å². The first-order valence-electron chi connectivity index (χ1n) is 6.86. The van der Waals surface area contributed by atoms with Crippen molar-refractivity contribution in [3.05, 3.63) is 51.7 Å². The van der Waals surface area contributed by atoms with E-state index in [1.165, 1.54) is 4.88 Å². The summed E-state index contributed by atoms with van der Waals surface area (Å²) in [6.07, 6.45) is 1.33. The van der Waals surface area contributed by atoms with Gasteiger partial charge in [-0.2, -0.15) is 4.31 Å². The second-order valence-electron chi connectivity index (χ2n) is 5.08. The number of hydrogen-bond acceptors (Lipinski definition) is 4. The summed E-state index contributed by atoms with van der Waals surface area (Å²) >= 11 is 1.70. The van der Waals surface area contributed by atoms with Gasteiger partial charge in [0.05, 0.1) is 4.90 Å². The van der Waals surface area contributed by atoms with Crippen LogP contribution in [0.2, 0.25) is 0 Å². The summed E-state index contributed by atoms with van der Waals surface area (Å²) in [5.74, 6) is 0. The maximum atomic E-state index is 12.7. The predicted octanol–water partition coefficient (Wildman–Crippen LogP) is 2.03. The van der Waals surface area contributed by atoms with Gasteiger partial charge in [0.25, 0.3) is 0 Å². The zero-order chi connectivity index (χ0) is 14.9. The van der Waals surface area contributed by atoms with Crippen molar-refractivity contribution >= 4 is 21.4 Å². The molecule has 0 unspecified atom stereocenters. The smallest absolute Gasteiger partial charge is 0.243 e. The van der Waals surface area contributed by atoms with Gasteiger partial charge in [-0.3, -0.25) is 0 Å². The van der Waals surface area contributed by atoms with E-state index in [0.717, 1.165) is 17.5 Å². The summed E-state index contributed by atoms with van der Waals surface area (Å²) in [6.45, 7) is 1.06. The summed E-state index contributed by atoms with van der Waals surface area (Å²) < 4.78 is 26.9. The van der Waals surface area contributed by atoms with Crippen LogP contribution in [0.4, 0.5) is 0 Å². The SMILES string of the molecule is O=S(=O)(c1ccc(CCO)cc1)N1CCc2sccc2C1. The summed E-state index contributed by atoms with van der Waals surface area (Å²) in [5.41, 5.74) is 2.06. The number of sulfonamides is 1. The van der Waals surface area contributed by atoms with Crippen molar-refractivity contribution in [2.45, 2.75) is 24.3 Å². The van der Waals surface area contributed by atoms with Gasteiger partial charge in [-0.05, 0) is 47.5 Å². The summed E-state index contributed by atoms with van der Waals surface area (Å²) in [7, 11) is -3.44. The Hall–Kier alpha value is -1.21.